The van der Waals surface area contributed by atoms with Gasteiger partial charge in [-0.05, 0) is 24.0 Å². The molecule has 0 aliphatic carbocycles. The molecule has 0 spiro atoms. The molecule has 3 heteroatoms. The Morgan fingerprint density at radius 2 is 2.12 bits per heavy atom. The second-order valence-corrected chi connectivity index (χ2v) is 4.70. The highest BCUT2D eigenvalue weighted by molar-refractivity contribution is 6.00. The lowest BCUT2D eigenvalue weighted by atomic mass is 9.89. The summed E-state index contributed by atoms with van der Waals surface area (Å²) in [5, 5.41) is 0. The minimum absolute atomic E-state index is 0.0110. The van der Waals surface area contributed by atoms with Crippen molar-refractivity contribution in [3.8, 4) is 0 Å². The molecule has 0 unspecified atom stereocenters. The first-order chi connectivity index (χ1) is 8.22. The van der Waals surface area contributed by atoms with E-state index in [4.69, 9.17) is 0 Å². The van der Waals surface area contributed by atoms with Gasteiger partial charge in [-0.1, -0.05) is 25.1 Å². The molecule has 86 valence electrons. The topological polar surface area (TPSA) is 37.4 Å². The van der Waals surface area contributed by atoms with Crippen LogP contribution in [-0.4, -0.2) is 17.1 Å². The number of rotatable bonds is 1. The number of fused-ring (bicyclic) bond motifs is 3. The van der Waals surface area contributed by atoms with Crippen molar-refractivity contribution in [3.63, 3.8) is 0 Å². The van der Waals surface area contributed by atoms with Crippen molar-refractivity contribution in [1.82, 2.24) is 4.90 Å². The lowest BCUT2D eigenvalue weighted by molar-refractivity contribution is -0.105. The number of benzene rings is 1. The van der Waals surface area contributed by atoms with Gasteiger partial charge in [0.2, 0.25) is 0 Å². The van der Waals surface area contributed by atoms with Crippen LogP contribution in [0, 0.1) is 5.92 Å². The van der Waals surface area contributed by atoms with Gasteiger partial charge in [-0.3, -0.25) is 9.59 Å². The molecular weight excluding hydrogens is 214 g/mol. The molecule has 1 aromatic carbocycles. The number of carbonyl (C=O) groups is 2. The second-order valence-electron chi connectivity index (χ2n) is 4.70. The number of hydrogen-bond donors (Lipinski definition) is 0. The molecule has 2 aliphatic heterocycles. The molecule has 0 N–H and O–H groups in total. The van der Waals surface area contributed by atoms with E-state index in [0.717, 1.165) is 23.8 Å². The third-order valence-corrected chi connectivity index (χ3v) is 3.69. The van der Waals surface area contributed by atoms with Crippen molar-refractivity contribution < 1.29 is 9.59 Å². The zero-order chi connectivity index (χ0) is 12.0. The largest absolute Gasteiger partial charge is 0.307 e. The van der Waals surface area contributed by atoms with E-state index in [1.165, 1.54) is 0 Å². The highest BCUT2D eigenvalue weighted by Crippen LogP contribution is 2.42. The van der Waals surface area contributed by atoms with Crippen molar-refractivity contribution in [3.05, 3.63) is 47.2 Å². The summed E-state index contributed by atoms with van der Waals surface area (Å²) < 4.78 is 0. The van der Waals surface area contributed by atoms with E-state index in [2.05, 4.69) is 0 Å². The highest BCUT2D eigenvalue weighted by atomic mass is 16.2. The minimum Gasteiger partial charge on any atom is -0.307 e. The first-order valence-corrected chi connectivity index (χ1v) is 5.81. The number of amides is 1. The average molecular weight is 227 g/mol. The van der Waals surface area contributed by atoms with Crippen LogP contribution in [0.4, 0.5) is 0 Å². The minimum atomic E-state index is 0.0110. The molecule has 2 atom stereocenters. The van der Waals surface area contributed by atoms with Crippen LogP contribution in [0.25, 0.3) is 0 Å². The molecule has 0 saturated heterocycles. The standard InChI is InChI=1S/C14H13NO2/c1-9-6-13-11-4-2-3-5-12(11)14(17)15(13)7-10(9)8-16/h2-5,7-9,13H,6H2,1H3/t9-,13-/m0/s1. The molecule has 0 radical (unpaired) electrons. The maximum atomic E-state index is 12.2. The summed E-state index contributed by atoms with van der Waals surface area (Å²) in [6, 6.07) is 7.80. The van der Waals surface area contributed by atoms with Gasteiger partial charge in [0.25, 0.3) is 5.91 Å². The number of allylic oxidation sites excluding steroid dienone is 1. The van der Waals surface area contributed by atoms with Crippen molar-refractivity contribution in [2.24, 2.45) is 5.92 Å². The SMILES string of the molecule is C[C@H]1C[C@H]2c3ccccc3C(=O)N2C=C1C=O. The van der Waals surface area contributed by atoms with Crippen LogP contribution in [0.2, 0.25) is 0 Å². The summed E-state index contributed by atoms with van der Waals surface area (Å²) >= 11 is 0. The number of hydrogen-bond acceptors (Lipinski definition) is 2. The van der Waals surface area contributed by atoms with Crippen LogP contribution >= 0.6 is 0 Å². The Morgan fingerprint density at radius 1 is 1.35 bits per heavy atom. The van der Waals surface area contributed by atoms with Crippen molar-refractivity contribution in [2.45, 2.75) is 19.4 Å². The zero-order valence-electron chi connectivity index (χ0n) is 9.59. The first-order valence-electron chi connectivity index (χ1n) is 5.81. The summed E-state index contributed by atoms with van der Waals surface area (Å²) in [7, 11) is 0. The molecule has 2 heterocycles. The fourth-order valence-corrected chi connectivity index (χ4v) is 2.71. The monoisotopic (exact) mass is 227 g/mol. The Balaban J connectivity index is 2.11. The summed E-state index contributed by atoms with van der Waals surface area (Å²) in [6.45, 7) is 2.03. The maximum absolute atomic E-state index is 12.2. The normalized spacial score (nSPS) is 26.3. The Labute approximate surface area is 99.7 Å². The Morgan fingerprint density at radius 3 is 2.88 bits per heavy atom. The maximum Gasteiger partial charge on any atom is 0.258 e. The Bertz CT molecular complexity index is 533. The number of nitrogens with zero attached hydrogens (tertiary/aromatic N) is 1. The van der Waals surface area contributed by atoms with Gasteiger partial charge < -0.3 is 4.90 Å². The van der Waals surface area contributed by atoms with Crippen molar-refractivity contribution in [2.75, 3.05) is 0 Å². The summed E-state index contributed by atoms with van der Waals surface area (Å²) in [5.74, 6) is 0.226. The number of carbonyl (C=O) groups excluding carboxylic acids is 2. The van der Waals surface area contributed by atoms with E-state index in [1.807, 2.05) is 31.2 Å². The van der Waals surface area contributed by atoms with Gasteiger partial charge in [-0.2, -0.15) is 0 Å². The lowest BCUT2D eigenvalue weighted by Gasteiger charge is -2.30. The third kappa shape index (κ3) is 1.35. The van der Waals surface area contributed by atoms with E-state index in [0.29, 0.717) is 5.57 Å². The molecule has 3 nitrogen and oxygen atoms in total. The first kappa shape index (κ1) is 10.3. The fraction of sp³-hybridized carbons (Fsp3) is 0.286. The van der Waals surface area contributed by atoms with Crippen molar-refractivity contribution in [1.29, 1.82) is 0 Å². The van der Waals surface area contributed by atoms with Gasteiger partial charge in [-0.15, -0.1) is 0 Å². The molecule has 2 aliphatic rings. The fourth-order valence-electron chi connectivity index (χ4n) is 2.71. The molecule has 1 aromatic rings. The summed E-state index contributed by atoms with van der Waals surface area (Å²) in [6.07, 6.45) is 3.40. The van der Waals surface area contributed by atoms with Crippen LogP contribution in [0.5, 0.6) is 0 Å². The van der Waals surface area contributed by atoms with Gasteiger partial charge in [0.05, 0.1) is 6.04 Å². The highest BCUT2D eigenvalue weighted by Gasteiger charge is 2.39. The van der Waals surface area contributed by atoms with Gasteiger partial charge in [0.1, 0.15) is 6.29 Å². The van der Waals surface area contributed by atoms with E-state index in [9.17, 15) is 9.59 Å². The van der Waals surface area contributed by atoms with E-state index in [-0.39, 0.29) is 17.9 Å². The average Bonchev–Trinajstić information content (AvgIpc) is 2.63. The van der Waals surface area contributed by atoms with Gasteiger partial charge >= 0.3 is 0 Å². The Hall–Kier alpha value is -1.90. The molecule has 17 heavy (non-hydrogen) atoms. The van der Waals surface area contributed by atoms with Crippen LogP contribution in [0.3, 0.4) is 0 Å². The Kier molecular flexibility index (Phi) is 2.15. The molecule has 0 aromatic heterocycles. The molecule has 0 fully saturated rings. The predicted octanol–water partition coefficient (Wildman–Crippen LogP) is 2.31. The summed E-state index contributed by atoms with van der Waals surface area (Å²) in [4.78, 5) is 24.8. The van der Waals surface area contributed by atoms with Crippen LogP contribution in [-0.2, 0) is 4.79 Å². The molecule has 0 bridgehead atoms. The summed E-state index contributed by atoms with van der Waals surface area (Å²) in [5.41, 5.74) is 2.57. The van der Waals surface area contributed by atoms with Gasteiger partial charge in [-0.25, -0.2) is 0 Å². The molecule has 3 rings (SSSR count). The van der Waals surface area contributed by atoms with E-state index < -0.39 is 0 Å². The van der Waals surface area contributed by atoms with Crippen LogP contribution in [0.15, 0.2) is 36.0 Å². The molecule has 0 saturated carbocycles. The zero-order valence-corrected chi connectivity index (χ0v) is 9.59. The van der Waals surface area contributed by atoms with E-state index >= 15 is 0 Å². The smallest absolute Gasteiger partial charge is 0.258 e. The molecular formula is C14H13NO2. The quantitative estimate of drug-likeness (QED) is 0.690. The lowest BCUT2D eigenvalue weighted by Crippen LogP contribution is -2.29. The second kappa shape index (κ2) is 3.55. The van der Waals surface area contributed by atoms with Crippen LogP contribution < -0.4 is 0 Å². The molecule has 1 amide bonds. The van der Waals surface area contributed by atoms with E-state index in [1.54, 1.807) is 11.1 Å². The number of aldehydes is 1. The third-order valence-electron chi connectivity index (χ3n) is 3.69. The van der Waals surface area contributed by atoms with Gasteiger partial charge in [0.15, 0.2) is 0 Å². The van der Waals surface area contributed by atoms with Gasteiger partial charge in [0, 0.05) is 17.3 Å². The van der Waals surface area contributed by atoms with Crippen molar-refractivity contribution >= 4 is 12.2 Å². The predicted molar refractivity (Wildman–Crippen MR) is 63.3 cm³/mol. The van der Waals surface area contributed by atoms with Crippen LogP contribution in [0.1, 0.15) is 35.3 Å².